The van der Waals surface area contributed by atoms with Gasteiger partial charge in [-0.15, -0.1) is 0 Å². The van der Waals surface area contributed by atoms with Crippen molar-refractivity contribution in [1.82, 2.24) is 14.4 Å². The summed E-state index contributed by atoms with van der Waals surface area (Å²) in [6.07, 6.45) is -0.995. The highest BCUT2D eigenvalue weighted by atomic mass is 19.4. The third-order valence-electron chi connectivity index (χ3n) is 4.95. The van der Waals surface area contributed by atoms with Gasteiger partial charge < -0.3 is 28.9 Å². The second-order valence-electron chi connectivity index (χ2n) is 7.81. The molecule has 0 radical (unpaired) electrons. The van der Waals surface area contributed by atoms with Gasteiger partial charge in [0.2, 0.25) is 0 Å². The Bertz CT molecular complexity index is 737. The van der Waals surface area contributed by atoms with Crippen LogP contribution < -0.4 is 0 Å². The molecule has 170 valence electrons. The molecular weight excluding hydrogens is 407 g/mol. The van der Waals surface area contributed by atoms with E-state index < -0.39 is 12.1 Å². The molecule has 1 aromatic heterocycles. The number of carbonyl (C=O) groups is 2. The minimum absolute atomic E-state index is 0.0574. The number of carboxylic acid groups (broad SMARTS) is 1. The summed E-state index contributed by atoms with van der Waals surface area (Å²) in [6.45, 7) is 3.29. The van der Waals surface area contributed by atoms with E-state index in [1.807, 2.05) is 34.8 Å². The molecule has 0 aromatic carbocycles. The van der Waals surface area contributed by atoms with Crippen LogP contribution >= 0.6 is 0 Å². The number of carboxylic acids is 1. The second-order valence-corrected chi connectivity index (χ2v) is 7.81. The van der Waals surface area contributed by atoms with Crippen molar-refractivity contribution in [2.45, 2.75) is 30.7 Å². The number of carbonyl (C=O) groups excluding carboxylic acids is 1. The fraction of sp³-hybridized carbons (Fsp3) is 0.684. The van der Waals surface area contributed by atoms with Crippen LogP contribution in [0.3, 0.4) is 0 Å². The molecule has 1 amide bonds. The van der Waals surface area contributed by atoms with Gasteiger partial charge in [-0.1, -0.05) is 0 Å². The highest BCUT2D eigenvalue weighted by Gasteiger charge is 2.44. The molecule has 3 heterocycles. The molecular formula is C19H28F3N3O5. The number of halogens is 3. The minimum atomic E-state index is -5.08. The average molecular weight is 435 g/mol. The van der Waals surface area contributed by atoms with E-state index in [0.717, 1.165) is 19.4 Å². The van der Waals surface area contributed by atoms with Gasteiger partial charge in [-0.2, -0.15) is 13.2 Å². The number of likely N-dealkylation sites (N-methyl/N-ethyl adjacent to an activating group) is 1. The molecule has 11 heteroatoms. The molecule has 2 aliphatic rings. The molecule has 30 heavy (non-hydrogen) atoms. The number of hydrogen-bond acceptors (Lipinski definition) is 5. The van der Waals surface area contributed by atoms with Gasteiger partial charge in [0, 0.05) is 26.3 Å². The summed E-state index contributed by atoms with van der Waals surface area (Å²) in [5, 5.41) is 7.12. The third kappa shape index (κ3) is 6.44. The van der Waals surface area contributed by atoms with Gasteiger partial charge in [0.05, 0.1) is 25.9 Å². The molecule has 2 unspecified atom stereocenters. The van der Waals surface area contributed by atoms with E-state index in [2.05, 4.69) is 19.0 Å². The van der Waals surface area contributed by atoms with Crippen molar-refractivity contribution in [2.75, 3.05) is 46.9 Å². The lowest BCUT2D eigenvalue weighted by Crippen LogP contribution is -2.47. The molecule has 2 fully saturated rings. The number of ether oxygens (including phenoxy) is 2. The first-order valence-electron chi connectivity index (χ1n) is 9.54. The van der Waals surface area contributed by atoms with E-state index >= 15 is 0 Å². The molecule has 0 aliphatic carbocycles. The second kappa shape index (κ2) is 9.80. The number of nitrogens with zero attached hydrogens (tertiary/aromatic N) is 3. The highest BCUT2D eigenvalue weighted by Crippen LogP contribution is 2.33. The van der Waals surface area contributed by atoms with Crippen LogP contribution in [0.4, 0.5) is 13.2 Å². The number of hydrogen-bond donors (Lipinski definition) is 1. The molecule has 1 N–H and O–H groups in total. The number of alkyl halides is 3. The lowest BCUT2D eigenvalue weighted by Gasteiger charge is -2.32. The summed E-state index contributed by atoms with van der Waals surface area (Å²) >= 11 is 0. The van der Waals surface area contributed by atoms with Crippen molar-refractivity contribution < 1.29 is 37.3 Å². The average Bonchev–Trinajstić information content (AvgIpc) is 3.16. The monoisotopic (exact) mass is 435 g/mol. The third-order valence-corrected chi connectivity index (χ3v) is 4.95. The zero-order valence-electron chi connectivity index (χ0n) is 17.3. The molecule has 2 atom stereocenters. The molecule has 0 saturated carbocycles. The summed E-state index contributed by atoms with van der Waals surface area (Å²) in [7, 11) is 6.02. The number of rotatable bonds is 3. The number of aliphatic carboxylic acids is 1. The van der Waals surface area contributed by atoms with E-state index in [0.29, 0.717) is 32.0 Å². The normalized spacial score (nSPS) is 24.5. The molecule has 0 bridgehead atoms. The smallest absolute Gasteiger partial charge is 0.475 e. The lowest BCUT2D eigenvalue weighted by atomic mass is 10.00. The summed E-state index contributed by atoms with van der Waals surface area (Å²) in [6, 6.07) is 3.77. The fourth-order valence-electron chi connectivity index (χ4n) is 3.58. The van der Waals surface area contributed by atoms with Crippen LogP contribution in [-0.4, -0.2) is 96.2 Å². The Balaban J connectivity index is 0.000000396. The van der Waals surface area contributed by atoms with Crippen LogP contribution in [0.2, 0.25) is 0 Å². The predicted octanol–water partition coefficient (Wildman–Crippen LogP) is 1.61. The zero-order chi connectivity index (χ0) is 22.5. The zero-order valence-corrected chi connectivity index (χ0v) is 17.3. The Morgan fingerprint density at radius 2 is 2.03 bits per heavy atom. The SMILES string of the molecule is CN(C)CC1CCC2(COCCN(C(=O)c3cccn3C)C2)O1.O=C(O)C(F)(F)F. The maximum Gasteiger partial charge on any atom is 0.490 e. The first kappa shape index (κ1) is 24.2. The van der Waals surface area contributed by atoms with Gasteiger partial charge in [-0.05, 0) is 39.1 Å². The first-order chi connectivity index (χ1) is 13.9. The van der Waals surface area contributed by atoms with Crippen LogP contribution in [0.1, 0.15) is 23.3 Å². The number of aromatic nitrogens is 1. The van der Waals surface area contributed by atoms with Gasteiger partial charge in [0.15, 0.2) is 0 Å². The van der Waals surface area contributed by atoms with Gasteiger partial charge in [-0.3, -0.25) is 4.79 Å². The van der Waals surface area contributed by atoms with Gasteiger partial charge >= 0.3 is 12.1 Å². The van der Waals surface area contributed by atoms with E-state index in [1.54, 1.807) is 0 Å². The first-order valence-corrected chi connectivity index (χ1v) is 9.54. The quantitative estimate of drug-likeness (QED) is 0.777. The van der Waals surface area contributed by atoms with Crippen molar-refractivity contribution in [1.29, 1.82) is 0 Å². The summed E-state index contributed by atoms with van der Waals surface area (Å²) in [4.78, 5) is 25.8. The topological polar surface area (TPSA) is 84.2 Å². The largest absolute Gasteiger partial charge is 0.490 e. The van der Waals surface area contributed by atoms with Crippen molar-refractivity contribution >= 4 is 11.9 Å². The van der Waals surface area contributed by atoms with Crippen LogP contribution in [-0.2, 0) is 21.3 Å². The predicted molar refractivity (Wildman–Crippen MR) is 101 cm³/mol. The lowest BCUT2D eigenvalue weighted by molar-refractivity contribution is -0.192. The molecule has 2 saturated heterocycles. The van der Waals surface area contributed by atoms with Crippen LogP contribution in [0.5, 0.6) is 0 Å². The Hall–Kier alpha value is -2.11. The number of amides is 1. The van der Waals surface area contributed by atoms with Gasteiger partial charge in [0.25, 0.3) is 5.91 Å². The van der Waals surface area contributed by atoms with Crippen molar-refractivity contribution in [3.63, 3.8) is 0 Å². The standard InChI is InChI=1S/C17H27N3O3.C2HF3O2/c1-18(2)11-14-6-7-17(23-14)12-20(9-10-22-13-17)16(21)15-5-4-8-19(15)3;3-2(4,5)1(6)7/h4-5,8,14H,6-7,9-13H2,1-3H3;(H,6,7). The Labute approximate surface area is 173 Å². The maximum absolute atomic E-state index is 12.8. The molecule has 3 rings (SSSR count). The summed E-state index contributed by atoms with van der Waals surface area (Å²) in [5.74, 6) is -2.70. The molecule has 1 spiro atoms. The van der Waals surface area contributed by atoms with Gasteiger partial charge in [-0.25, -0.2) is 4.79 Å². The number of aryl methyl sites for hydroxylation is 1. The van der Waals surface area contributed by atoms with Crippen LogP contribution in [0.25, 0.3) is 0 Å². The van der Waals surface area contributed by atoms with E-state index in [9.17, 15) is 18.0 Å². The summed E-state index contributed by atoms with van der Waals surface area (Å²) < 4.78 is 45.7. The van der Waals surface area contributed by atoms with Gasteiger partial charge in [0.1, 0.15) is 11.3 Å². The van der Waals surface area contributed by atoms with Crippen molar-refractivity contribution in [3.05, 3.63) is 24.0 Å². The maximum atomic E-state index is 12.8. The Morgan fingerprint density at radius 1 is 1.37 bits per heavy atom. The molecule has 2 aliphatic heterocycles. The van der Waals surface area contributed by atoms with Crippen molar-refractivity contribution in [3.8, 4) is 0 Å². The van der Waals surface area contributed by atoms with E-state index in [-0.39, 0.29) is 17.6 Å². The van der Waals surface area contributed by atoms with Crippen LogP contribution in [0, 0.1) is 0 Å². The molecule has 8 nitrogen and oxygen atoms in total. The highest BCUT2D eigenvalue weighted by molar-refractivity contribution is 5.92. The Kier molecular flexibility index (Phi) is 7.89. The van der Waals surface area contributed by atoms with E-state index in [1.165, 1.54) is 0 Å². The Morgan fingerprint density at radius 3 is 2.57 bits per heavy atom. The van der Waals surface area contributed by atoms with Crippen molar-refractivity contribution in [2.24, 2.45) is 7.05 Å². The van der Waals surface area contributed by atoms with Crippen LogP contribution in [0.15, 0.2) is 18.3 Å². The summed E-state index contributed by atoms with van der Waals surface area (Å²) in [5.41, 5.74) is 0.364. The minimum Gasteiger partial charge on any atom is -0.475 e. The fourth-order valence-corrected chi connectivity index (χ4v) is 3.58. The molecule has 1 aromatic rings. The van der Waals surface area contributed by atoms with E-state index in [4.69, 9.17) is 19.4 Å².